The van der Waals surface area contributed by atoms with E-state index in [9.17, 15) is 14.7 Å². The van der Waals surface area contributed by atoms with E-state index in [1.807, 2.05) is 6.92 Å². The van der Waals surface area contributed by atoms with E-state index in [1.54, 1.807) is 0 Å². The van der Waals surface area contributed by atoms with E-state index in [0.29, 0.717) is 13.0 Å². The summed E-state index contributed by atoms with van der Waals surface area (Å²) in [6.07, 6.45) is 0.654. The summed E-state index contributed by atoms with van der Waals surface area (Å²) in [5.41, 5.74) is 0.0372. The molecule has 1 fully saturated rings. The topological polar surface area (TPSA) is 95.9 Å². The average Bonchev–Trinajstić information content (AvgIpc) is 2.78. The van der Waals surface area contributed by atoms with Crippen LogP contribution in [0.2, 0.25) is 0 Å². The second kappa shape index (κ2) is 5.27. The van der Waals surface area contributed by atoms with E-state index in [4.69, 9.17) is 9.84 Å². The van der Waals surface area contributed by atoms with Gasteiger partial charge in [0.05, 0.1) is 29.9 Å². The van der Waals surface area contributed by atoms with Crippen LogP contribution in [0.1, 0.15) is 23.7 Å². The van der Waals surface area contributed by atoms with Gasteiger partial charge in [0.2, 0.25) is 5.91 Å². The molecule has 3 N–H and O–H groups in total. The third-order valence-corrected chi connectivity index (χ3v) is 3.06. The lowest BCUT2D eigenvalue weighted by Gasteiger charge is -2.11. The van der Waals surface area contributed by atoms with E-state index >= 15 is 0 Å². The predicted octanol–water partition coefficient (Wildman–Crippen LogP) is 1.45. The summed E-state index contributed by atoms with van der Waals surface area (Å²) in [6, 6.07) is 3.80. The van der Waals surface area contributed by atoms with Gasteiger partial charge in [0, 0.05) is 0 Å². The van der Waals surface area contributed by atoms with Gasteiger partial charge in [-0.1, -0.05) is 0 Å². The molecular formula is C13H15NO5. The summed E-state index contributed by atoms with van der Waals surface area (Å²) in [7, 11) is 0. The number of hydrogen-bond acceptors (Lipinski definition) is 4. The first kappa shape index (κ1) is 13.4. The quantitative estimate of drug-likeness (QED) is 0.719. The fourth-order valence-electron chi connectivity index (χ4n) is 2.05. The minimum Gasteiger partial charge on any atom is -0.508 e. The molecule has 0 aromatic heterocycles. The molecule has 2 atom stereocenters. The molecule has 2 unspecified atom stereocenters. The summed E-state index contributed by atoms with van der Waals surface area (Å²) in [6.45, 7) is 2.23. The largest absolute Gasteiger partial charge is 0.508 e. The Bertz CT molecular complexity index is 514. The molecular weight excluding hydrogens is 250 g/mol. The Balaban J connectivity index is 2.14. The first-order valence-corrected chi connectivity index (χ1v) is 5.96. The van der Waals surface area contributed by atoms with E-state index in [1.165, 1.54) is 12.1 Å². The Labute approximate surface area is 110 Å². The fraction of sp³-hybridized carbons (Fsp3) is 0.385. The molecule has 1 aliphatic rings. The van der Waals surface area contributed by atoms with E-state index < -0.39 is 5.97 Å². The number of carboxylic acids is 1. The molecule has 102 valence electrons. The van der Waals surface area contributed by atoms with Crippen LogP contribution in [0, 0.1) is 5.92 Å². The van der Waals surface area contributed by atoms with Gasteiger partial charge in [0.1, 0.15) is 5.75 Å². The van der Waals surface area contributed by atoms with Gasteiger partial charge in [-0.15, -0.1) is 0 Å². The zero-order chi connectivity index (χ0) is 14.0. The highest BCUT2D eigenvalue weighted by Gasteiger charge is 2.29. The first-order chi connectivity index (χ1) is 8.97. The van der Waals surface area contributed by atoms with Crippen molar-refractivity contribution in [1.82, 2.24) is 0 Å². The van der Waals surface area contributed by atoms with Crippen LogP contribution in [0.15, 0.2) is 18.2 Å². The van der Waals surface area contributed by atoms with Crippen LogP contribution < -0.4 is 5.32 Å². The summed E-state index contributed by atoms with van der Waals surface area (Å²) >= 11 is 0. The Morgan fingerprint density at radius 2 is 2.16 bits per heavy atom. The van der Waals surface area contributed by atoms with Crippen LogP contribution in [0.5, 0.6) is 5.75 Å². The molecule has 19 heavy (non-hydrogen) atoms. The number of carbonyl (C=O) groups is 2. The fourth-order valence-corrected chi connectivity index (χ4v) is 2.05. The molecule has 1 aromatic carbocycles. The number of aromatic hydroxyl groups is 1. The zero-order valence-corrected chi connectivity index (χ0v) is 10.4. The Morgan fingerprint density at radius 1 is 1.42 bits per heavy atom. The second-order valence-corrected chi connectivity index (χ2v) is 4.60. The van der Waals surface area contributed by atoms with Crippen LogP contribution >= 0.6 is 0 Å². The number of rotatable bonds is 3. The highest BCUT2D eigenvalue weighted by atomic mass is 16.5. The number of phenols is 1. The number of anilines is 1. The van der Waals surface area contributed by atoms with Crippen LogP contribution in [0.3, 0.4) is 0 Å². The highest BCUT2D eigenvalue weighted by Crippen LogP contribution is 2.24. The second-order valence-electron chi connectivity index (χ2n) is 4.60. The smallest absolute Gasteiger partial charge is 0.337 e. The molecule has 1 amide bonds. The van der Waals surface area contributed by atoms with Crippen molar-refractivity contribution in [3.05, 3.63) is 23.8 Å². The van der Waals surface area contributed by atoms with E-state index in [2.05, 4.69) is 5.32 Å². The molecule has 2 rings (SSSR count). The molecule has 6 nitrogen and oxygen atoms in total. The van der Waals surface area contributed by atoms with Crippen molar-refractivity contribution >= 4 is 17.6 Å². The van der Waals surface area contributed by atoms with Crippen LogP contribution in [-0.4, -0.2) is 34.8 Å². The maximum atomic E-state index is 12.0. The molecule has 1 saturated heterocycles. The Kier molecular flexibility index (Phi) is 3.71. The van der Waals surface area contributed by atoms with Gasteiger partial charge in [-0.3, -0.25) is 4.79 Å². The molecule has 1 aromatic rings. The monoisotopic (exact) mass is 265 g/mol. The lowest BCUT2D eigenvalue weighted by Crippen LogP contribution is -2.24. The summed E-state index contributed by atoms with van der Waals surface area (Å²) < 4.78 is 5.30. The van der Waals surface area contributed by atoms with Crippen LogP contribution in [-0.2, 0) is 9.53 Å². The molecule has 6 heteroatoms. The van der Waals surface area contributed by atoms with Gasteiger partial charge in [0.15, 0.2) is 0 Å². The zero-order valence-electron chi connectivity index (χ0n) is 10.4. The van der Waals surface area contributed by atoms with E-state index in [0.717, 1.165) is 6.07 Å². The minimum atomic E-state index is -1.21. The van der Waals surface area contributed by atoms with Gasteiger partial charge >= 0.3 is 5.97 Å². The molecule has 1 heterocycles. The average molecular weight is 265 g/mol. The van der Waals surface area contributed by atoms with Gasteiger partial charge in [-0.25, -0.2) is 4.79 Å². The lowest BCUT2D eigenvalue weighted by molar-refractivity contribution is -0.119. The normalized spacial score (nSPS) is 22.2. The third kappa shape index (κ3) is 3.03. The summed E-state index contributed by atoms with van der Waals surface area (Å²) in [4.78, 5) is 23.0. The van der Waals surface area contributed by atoms with Gasteiger partial charge in [-0.2, -0.15) is 0 Å². The number of amides is 1. The molecule has 0 radical (unpaired) electrons. The van der Waals surface area contributed by atoms with Gasteiger partial charge in [-0.05, 0) is 31.5 Å². The first-order valence-electron chi connectivity index (χ1n) is 5.96. The number of aromatic carboxylic acids is 1. The molecule has 0 spiro atoms. The number of nitrogens with one attached hydrogen (secondary N) is 1. The molecule has 0 bridgehead atoms. The number of benzene rings is 1. The SMILES string of the molecule is CC1CC(C(=O)Nc2ccc(O)cc2C(=O)O)CO1. The minimum absolute atomic E-state index is 0.0366. The maximum absolute atomic E-state index is 12.0. The highest BCUT2D eigenvalue weighted by molar-refractivity contribution is 6.01. The number of hydrogen-bond donors (Lipinski definition) is 3. The van der Waals surface area contributed by atoms with Crippen molar-refractivity contribution in [1.29, 1.82) is 0 Å². The van der Waals surface area contributed by atoms with E-state index in [-0.39, 0.29) is 34.9 Å². The lowest BCUT2D eigenvalue weighted by atomic mass is 10.0. The van der Waals surface area contributed by atoms with Crippen molar-refractivity contribution < 1.29 is 24.5 Å². The number of carboxylic acid groups (broad SMARTS) is 1. The van der Waals surface area contributed by atoms with Crippen molar-refractivity contribution in [2.24, 2.45) is 5.92 Å². The van der Waals surface area contributed by atoms with Crippen molar-refractivity contribution in [2.45, 2.75) is 19.4 Å². The molecule has 1 aliphatic heterocycles. The predicted molar refractivity (Wildman–Crippen MR) is 67.2 cm³/mol. The number of ether oxygens (including phenoxy) is 1. The number of carbonyl (C=O) groups excluding carboxylic acids is 1. The van der Waals surface area contributed by atoms with Crippen LogP contribution in [0.25, 0.3) is 0 Å². The van der Waals surface area contributed by atoms with Gasteiger partial charge < -0.3 is 20.3 Å². The number of phenolic OH excluding ortho intramolecular Hbond substituents is 1. The van der Waals surface area contributed by atoms with Crippen molar-refractivity contribution in [2.75, 3.05) is 11.9 Å². The Hall–Kier alpha value is -2.08. The van der Waals surface area contributed by atoms with Crippen molar-refractivity contribution in [3.8, 4) is 5.75 Å². The van der Waals surface area contributed by atoms with Crippen molar-refractivity contribution in [3.63, 3.8) is 0 Å². The molecule has 0 saturated carbocycles. The third-order valence-electron chi connectivity index (χ3n) is 3.06. The Morgan fingerprint density at radius 3 is 2.74 bits per heavy atom. The van der Waals surface area contributed by atoms with Crippen LogP contribution in [0.4, 0.5) is 5.69 Å². The summed E-state index contributed by atoms with van der Waals surface area (Å²) in [5, 5.41) is 20.9. The maximum Gasteiger partial charge on any atom is 0.337 e. The summed E-state index contributed by atoms with van der Waals surface area (Å²) in [5.74, 6) is -1.90. The molecule has 0 aliphatic carbocycles. The van der Waals surface area contributed by atoms with Gasteiger partial charge in [0.25, 0.3) is 0 Å². The standard InChI is InChI=1S/C13H15NO5/c1-7-4-8(6-19-7)12(16)14-11-3-2-9(15)5-10(11)13(17)18/h2-3,5,7-8,15H,4,6H2,1H3,(H,14,16)(H,17,18).